The number of benzene rings is 2. The van der Waals surface area contributed by atoms with Crippen LogP contribution in [0.1, 0.15) is 50.7 Å². The molecule has 7 nitrogen and oxygen atoms in total. The van der Waals surface area contributed by atoms with E-state index in [0.717, 1.165) is 12.8 Å². The number of nitrogens with zero attached hydrogens (tertiary/aromatic N) is 2. The van der Waals surface area contributed by atoms with Gasteiger partial charge >= 0.3 is 0 Å². The highest BCUT2D eigenvalue weighted by Gasteiger charge is 2.35. The number of carbonyl (C=O) groups is 1. The van der Waals surface area contributed by atoms with Crippen LogP contribution in [0.15, 0.2) is 42.5 Å². The molecule has 7 heteroatoms. The average Bonchev–Trinajstić information content (AvgIpc) is 3.57. The maximum absolute atomic E-state index is 13.0. The summed E-state index contributed by atoms with van der Waals surface area (Å²) >= 11 is 0. The van der Waals surface area contributed by atoms with Crippen LogP contribution in [-0.2, 0) is 11.3 Å². The first kappa shape index (κ1) is 21.8. The standard InChI is InChI=1S/C23H29N3O4/c1-15(2)18-7-5-17(6-8-18)14-25(19-9-10-19)16(3)23(27)24-21-12-11-20(26(28)29)13-22(21)30-4/h5-8,11-13,15-16,19H,9-10,14H2,1-4H3,(H,24,27)/t16-/m0/s1. The third kappa shape index (κ3) is 5.16. The van der Waals surface area contributed by atoms with Crippen molar-refractivity contribution in [2.24, 2.45) is 0 Å². The van der Waals surface area contributed by atoms with Gasteiger partial charge in [0.1, 0.15) is 5.75 Å². The fourth-order valence-electron chi connectivity index (χ4n) is 3.49. The van der Waals surface area contributed by atoms with Crippen LogP contribution in [-0.4, -0.2) is 34.9 Å². The van der Waals surface area contributed by atoms with E-state index >= 15 is 0 Å². The Morgan fingerprint density at radius 1 is 1.20 bits per heavy atom. The molecule has 0 aliphatic heterocycles. The van der Waals surface area contributed by atoms with Crippen molar-refractivity contribution in [2.75, 3.05) is 12.4 Å². The van der Waals surface area contributed by atoms with Crippen LogP contribution in [0.5, 0.6) is 5.75 Å². The summed E-state index contributed by atoms with van der Waals surface area (Å²) in [6, 6.07) is 12.8. The molecule has 1 aliphatic carbocycles. The molecule has 3 rings (SSSR count). The summed E-state index contributed by atoms with van der Waals surface area (Å²) in [5.41, 5.74) is 2.82. The third-order valence-corrected chi connectivity index (χ3v) is 5.56. The highest BCUT2D eigenvalue weighted by molar-refractivity contribution is 5.96. The zero-order chi connectivity index (χ0) is 21.8. The van der Waals surface area contributed by atoms with Crippen molar-refractivity contribution in [3.63, 3.8) is 0 Å². The van der Waals surface area contributed by atoms with Crippen molar-refractivity contribution in [1.29, 1.82) is 0 Å². The summed E-state index contributed by atoms with van der Waals surface area (Å²) in [5.74, 6) is 0.597. The number of non-ortho nitro benzene ring substituents is 1. The second-order valence-corrected chi connectivity index (χ2v) is 8.11. The number of amides is 1. The van der Waals surface area contributed by atoms with E-state index < -0.39 is 4.92 Å². The fourth-order valence-corrected chi connectivity index (χ4v) is 3.49. The van der Waals surface area contributed by atoms with E-state index in [2.05, 4.69) is 48.3 Å². The molecule has 0 radical (unpaired) electrons. The predicted octanol–water partition coefficient (Wildman–Crippen LogP) is 4.72. The minimum absolute atomic E-state index is 0.0812. The number of methoxy groups -OCH3 is 1. The van der Waals surface area contributed by atoms with Gasteiger partial charge in [-0.2, -0.15) is 0 Å². The Balaban J connectivity index is 1.72. The Hall–Kier alpha value is -2.93. The number of carbonyl (C=O) groups excluding carboxylic acids is 1. The highest BCUT2D eigenvalue weighted by atomic mass is 16.6. The molecule has 1 N–H and O–H groups in total. The molecule has 0 aromatic heterocycles. The van der Waals surface area contributed by atoms with Gasteiger partial charge in [0.05, 0.1) is 29.8 Å². The largest absolute Gasteiger partial charge is 0.494 e. The smallest absolute Gasteiger partial charge is 0.273 e. The molecule has 30 heavy (non-hydrogen) atoms. The molecular formula is C23H29N3O4. The highest BCUT2D eigenvalue weighted by Crippen LogP contribution is 2.32. The lowest BCUT2D eigenvalue weighted by Crippen LogP contribution is -2.43. The zero-order valence-corrected chi connectivity index (χ0v) is 17.9. The molecule has 1 amide bonds. The Morgan fingerprint density at radius 2 is 1.87 bits per heavy atom. The Kier molecular flexibility index (Phi) is 6.72. The van der Waals surface area contributed by atoms with E-state index in [1.54, 1.807) is 0 Å². The van der Waals surface area contributed by atoms with E-state index in [9.17, 15) is 14.9 Å². The van der Waals surface area contributed by atoms with Gasteiger partial charge in [0, 0.05) is 18.7 Å². The second kappa shape index (κ2) is 9.26. The van der Waals surface area contributed by atoms with E-state index in [4.69, 9.17) is 4.74 Å². The van der Waals surface area contributed by atoms with Gasteiger partial charge in [-0.05, 0) is 42.9 Å². The maximum Gasteiger partial charge on any atom is 0.273 e. The van der Waals surface area contributed by atoms with Crippen LogP contribution in [0.25, 0.3) is 0 Å². The van der Waals surface area contributed by atoms with Gasteiger partial charge in [-0.25, -0.2) is 0 Å². The number of anilines is 1. The van der Waals surface area contributed by atoms with Crippen molar-refractivity contribution >= 4 is 17.3 Å². The number of hydrogen-bond acceptors (Lipinski definition) is 5. The molecule has 1 saturated carbocycles. The van der Waals surface area contributed by atoms with Crippen LogP contribution in [0, 0.1) is 10.1 Å². The van der Waals surface area contributed by atoms with Crippen molar-refractivity contribution in [1.82, 2.24) is 4.90 Å². The first-order chi connectivity index (χ1) is 14.3. The molecule has 2 aromatic rings. The van der Waals surface area contributed by atoms with Crippen molar-refractivity contribution in [3.8, 4) is 5.75 Å². The molecule has 1 atom stereocenters. The summed E-state index contributed by atoms with van der Waals surface area (Å²) < 4.78 is 5.23. The van der Waals surface area contributed by atoms with E-state index in [-0.39, 0.29) is 23.4 Å². The normalized spacial score (nSPS) is 14.6. The lowest BCUT2D eigenvalue weighted by Gasteiger charge is -2.28. The fraction of sp³-hybridized carbons (Fsp3) is 0.435. The lowest BCUT2D eigenvalue weighted by molar-refractivity contribution is -0.384. The Labute approximate surface area is 177 Å². The molecule has 1 fully saturated rings. The first-order valence-electron chi connectivity index (χ1n) is 10.3. The minimum Gasteiger partial charge on any atom is -0.494 e. The summed E-state index contributed by atoms with van der Waals surface area (Å²) in [6.45, 7) is 6.94. The van der Waals surface area contributed by atoms with Gasteiger partial charge in [-0.1, -0.05) is 38.1 Å². The predicted molar refractivity (Wildman–Crippen MR) is 117 cm³/mol. The molecule has 0 bridgehead atoms. The van der Waals surface area contributed by atoms with Crippen LogP contribution in [0.3, 0.4) is 0 Å². The van der Waals surface area contributed by atoms with Gasteiger partial charge in [0.15, 0.2) is 0 Å². The first-order valence-corrected chi connectivity index (χ1v) is 10.3. The lowest BCUT2D eigenvalue weighted by atomic mass is 10.0. The summed E-state index contributed by atoms with van der Waals surface area (Å²) in [6.07, 6.45) is 2.17. The van der Waals surface area contributed by atoms with Gasteiger partial charge < -0.3 is 10.1 Å². The van der Waals surface area contributed by atoms with E-state index in [0.29, 0.717) is 24.2 Å². The van der Waals surface area contributed by atoms with Crippen LogP contribution in [0.2, 0.25) is 0 Å². The van der Waals surface area contributed by atoms with Crippen molar-refractivity contribution < 1.29 is 14.5 Å². The number of nitro groups is 1. The van der Waals surface area contributed by atoms with Crippen LogP contribution < -0.4 is 10.1 Å². The van der Waals surface area contributed by atoms with E-state index in [1.165, 1.54) is 36.4 Å². The quantitative estimate of drug-likeness (QED) is 0.477. The Bertz CT molecular complexity index is 907. The van der Waals surface area contributed by atoms with Gasteiger partial charge in [-0.15, -0.1) is 0 Å². The molecule has 0 spiro atoms. The van der Waals surface area contributed by atoms with Crippen LogP contribution >= 0.6 is 0 Å². The number of nitro benzene ring substituents is 1. The van der Waals surface area contributed by atoms with Gasteiger partial charge in [0.2, 0.25) is 5.91 Å². The van der Waals surface area contributed by atoms with Crippen molar-refractivity contribution in [2.45, 2.75) is 58.2 Å². The average molecular weight is 412 g/mol. The topological polar surface area (TPSA) is 84.7 Å². The number of ether oxygens (including phenoxy) is 1. The molecule has 0 unspecified atom stereocenters. The molecule has 0 heterocycles. The molecule has 1 aliphatic rings. The minimum atomic E-state index is -0.490. The number of nitrogens with one attached hydrogen (secondary N) is 1. The monoisotopic (exact) mass is 411 g/mol. The second-order valence-electron chi connectivity index (χ2n) is 8.11. The van der Waals surface area contributed by atoms with E-state index in [1.807, 2.05) is 6.92 Å². The summed E-state index contributed by atoms with van der Waals surface area (Å²) in [5, 5.41) is 13.8. The maximum atomic E-state index is 13.0. The summed E-state index contributed by atoms with van der Waals surface area (Å²) in [7, 11) is 1.43. The van der Waals surface area contributed by atoms with Gasteiger partial charge in [-0.3, -0.25) is 19.8 Å². The molecule has 160 valence electrons. The van der Waals surface area contributed by atoms with Crippen LogP contribution in [0.4, 0.5) is 11.4 Å². The summed E-state index contributed by atoms with van der Waals surface area (Å²) in [4.78, 5) is 25.7. The number of hydrogen-bond donors (Lipinski definition) is 1. The Morgan fingerprint density at radius 3 is 2.40 bits per heavy atom. The molecule has 0 saturated heterocycles. The molecule has 2 aromatic carbocycles. The SMILES string of the molecule is COc1cc([N+](=O)[O-])ccc1NC(=O)[C@H](C)N(Cc1ccc(C(C)C)cc1)C1CC1. The van der Waals surface area contributed by atoms with Crippen molar-refractivity contribution in [3.05, 3.63) is 63.7 Å². The molecular weight excluding hydrogens is 382 g/mol. The zero-order valence-electron chi connectivity index (χ0n) is 17.9. The van der Waals surface area contributed by atoms with Gasteiger partial charge in [0.25, 0.3) is 5.69 Å². The third-order valence-electron chi connectivity index (χ3n) is 5.56. The number of rotatable bonds is 9.